The van der Waals surface area contributed by atoms with E-state index in [1.54, 1.807) is 42.3 Å². The number of halogens is 1. The summed E-state index contributed by atoms with van der Waals surface area (Å²) in [6, 6.07) is 7.06. The van der Waals surface area contributed by atoms with E-state index in [0.717, 1.165) is 10.9 Å². The minimum atomic E-state index is -0.963. The fourth-order valence-electron chi connectivity index (χ4n) is 4.12. The summed E-state index contributed by atoms with van der Waals surface area (Å²) in [7, 11) is 0. The molecule has 2 aliphatic rings. The molecule has 9 nitrogen and oxygen atoms in total. The van der Waals surface area contributed by atoms with Crippen LogP contribution in [0.3, 0.4) is 0 Å². The topological polar surface area (TPSA) is 101 Å². The predicted molar refractivity (Wildman–Crippen MR) is 118 cm³/mol. The maximum Gasteiger partial charge on any atom is 0.407 e. The lowest BCUT2D eigenvalue weighted by Gasteiger charge is -2.38. The fourth-order valence-corrected chi connectivity index (χ4v) is 4.38. The van der Waals surface area contributed by atoms with Gasteiger partial charge in [-0.05, 0) is 25.1 Å². The van der Waals surface area contributed by atoms with Gasteiger partial charge in [0, 0.05) is 48.4 Å². The van der Waals surface area contributed by atoms with Crippen LogP contribution in [-0.2, 0) is 4.74 Å². The summed E-state index contributed by atoms with van der Waals surface area (Å²) in [5, 5.41) is 15.0. The summed E-state index contributed by atoms with van der Waals surface area (Å²) in [6.45, 7) is 4.10. The second kappa shape index (κ2) is 8.07. The molecule has 2 aromatic heterocycles. The molecule has 0 radical (unpaired) electrons. The molecule has 0 bridgehead atoms. The Morgan fingerprint density at radius 3 is 2.72 bits per heavy atom. The van der Waals surface area contributed by atoms with Gasteiger partial charge in [0.15, 0.2) is 0 Å². The first kappa shape index (κ1) is 20.7. The number of fused-ring (bicyclic) bond motifs is 1. The van der Waals surface area contributed by atoms with Crippen molar-refractivity contribution in [2.24, 2.45) is 0 Å². The van der Waals surface area contributed by atoms with Gasteiger partial charge in [-0.3, -0.25) is 9.48 Å². The zero-order chi connectivity index (χ0) is 22.4. The zero-order valence-corrected chi connectivity index (χ0v) is 18.2. The van der Waals surface area contributed by atoms with Crippen molar-refractivity contribution in [2.75, 3.05) is 32.8 Å². The molecule has 0 saturated carbocycles. The van der Waals surface area contributed by atoms with Crippen molar-refractivity contribution in [2.45, 2.75) is 19.0 Å². The van der Waals surface area contributed by atoms with Crippen molar-refractivity contribution in [3.8, 4) is 11.3 Å². The van der Waals surface area contributed by atoms with Crippen LogP contribution in [0.2, 0.25) is 5.02 Å². The number of amides is 2. The van der Waals surface area contributed by atoms with Crippen LogP contribution in [0.4, 0.5) is 4.79 Å². The van der Waals surface area contributed by atoms with Gasteiger partial charge in [-0.15, -0.1) is 0 Å². The van der Waals surface area contributed by atoms with Crippen LogP contribution in [0, 0.1) is 0 Å². The zero-order valence-electron chi connectivity index (χ0n) is 17.4. The van der Waals surface area contributed by atoms with Gasteiger partial charge in [0.05, 0.1) is 41.7 Å². The van der Waals surface area contributed by atoms with Crippen LogP contribution in [0.1, 0.15) is 23.3 Å². The highest BCUT2D eigenvalue weighted by Crippen LogP contribution is 2.30. The number of hydrogen-bond acceptors (Lipinski definition) is 5. The third-order valence-electron chi connectivity index (χ3n) is 6.06. The fraction of sp³-hybridized carbons (Fsp3) is 0.364. The number of hydrogen-bond donors (Lipinski definition) is 1. The summed E-state index contributed by atoms with van der Waals surface area (Å²) in [5.74, 6) is -0.148. The van der Waals surface area contributed by atoms with Gasteiger partial charge in [0.2, 0.25) is 0 Å². The normalized spacial score (nSPS) is 19.2. The molecule has 2 saturated heterocycles. The number of ether oxygens (including phenoxy) is 1. The highest BCUT2D eigenvalue weighted by molar-refractivity contribution is 6.35. The molecule has 1 atom stereocenters. The van der Waals surface area contributed by atoms with E-state index in [4.69, 9.17) is 21.3 Å². The van der Waals surface area contributed by atoms with Crippen molar-refractivity contribution >= 4 is 34.5 Å². The number of carbonyl (C=O) groups excluding carboxylic acids is 1. The molecule has 2 aliphatic heterocycles. The minimum Gasteiger partial charge on any atom is -0.465 e. The molecule has 166 valence electrons. The molecule has 2 amide bonds. The van der Waals surface area contributed by atoms with Crippen molar-refractivity contribution < 1.29 is 19.4 Å². The van der Waals surface area contributed by atoms with E-state index in [0.29, 0.717) is 54.6 Å². The van der Waals surface area contributed by atoms with Crippen LogP contribution in [-0.4, -0.2) is 80.6 Å². The monoisotopic (exact) mass is 455 g/mol. The molecule has 5 rings (SSSR count). The highest BCUT2D eigenvalue weighted by Gasteiger charge is 2.30. The van der Waals surface area contributed by atoms with Gasteiger partial charge in [-0.25, -0.2) is 9.78 Å². The number of rotatable bonds is 3. The quantitative estimate of drug-likeness (QED) is 0.651. The van der Waals surface area contributed by atoms with Crippen LogP contribution >= 0.6 is 11.6 Å². The number of carbonyl (C=O) groups is 2. The van der Waals surface area contributed by atoms with Crippen LogP contribution in [0.15, 0.2) is 36.7 Å². The summed E-state index contributed by atoms with van der Waals surface area (Å²) in [6.07, 6.45) is 2.71. The largest absolute Gasteiger partial charge is 0.465 e. The van der Waals surface area contributed by atoms with Crippen LogP contribution in [0.5, 0.6) is 0 Å². The molecule has 0 spiro atoms. The molecule has 32 heavy (non-hydrogen) atoms. The molecule has 3 aromatic rings. The van der Waals surface area contributed by atoms with Gasteiger partial charge < -0.3 is 19.6 Å². The van der Waals surface area contributed by atoms with E-state index < -0.39 is 6.09 Å². The lowest BCUT2D eigenvalue weighted by Crippen LogP contribution is -2.55. The maximum absolute atomic E-state index is 13.1. The second-order valence-corrected chi connectivity index (χ2v) is 8.60. The van der Waals surface area contributed by atoms with Gasteiger partial charge in [0.25, 0.3) is 5.91 Å². The Bertz CT molecular complexity index is 1210. The molecule has 0 unspecified atom stereocenters. The molecule has 1 N–H and O–H groups in total. The summed E-state index contributed by atoms with van der Waals surface area (Å²) in [5.41, 5.74) is 2.64. The van der Waals surface area contributed by atoms with Crippen molar-refractivity contribution in [1.29, 1.82) is 0 Å². The molecule has 0 aliphatic carbocycles. The number of aromatic nitrogens is 3. The Hall–Kier alpha value is -3.17. The van der Waals surface area contributed by atoms with Crippen molar-refractivity contribution in [1.82, 2.24) is 24.6 Å². The standard InChI is InChI=1S/C22H22ClN5O4/c1-13-9-26(4-5-27(13)22(30)31)21(29)14-2-3-17-18(23)7-19(25-20(17)6-14)15-8-24-28(10-15)16-11-32-12-16/h2-3,6-8,10,13,16H,4-5,9,11-12H2,1H3,(H,30,31)/t13-/m1/s1. The SMILES string of the molecule is C[C@@H]1CN(C(=O)c2ccc3c(Cl)cc(-c4cnn(C5COC5)c4)nc3c2)CCN1C(=O)O. The Kier molecular flexibility index (Phi) is 5.22. The molecule has 4 heterocycles. The smallest absolute Gasteiger partial charge is 0.407 e. The third kappa shape index (κ3) is 3.67. The van der Waals surface area contributed by atoms with E-state index in [1.807, 2.05) is 10.9 Å². The molecular weight excluding hydrogens is 434 g/mol. The molecule has 1 aromatic carbocycles. The molecule has 2 fully saturated rings. The molecular formula is C22H22ClN5O4. The van der Waals surface area contributed by atoms with Crippen molar-refractivity contribution in [3.63, 3.8) is 0 Å². The first-order valence-electron chi connectivity index (χ1n) is 10.4. The van der Waals surface area contributed by atoms with E-state index in [2.05, 4.69) is 5.10 Å². The lowest BCUT2D eigenvalue weighted by molar-refractivity contribution is -0.0286. The molecule has 10 heteroatoms. The Morgan fingerprint density at radius 2 is 2.03 bits per heavy atom. The maximum atomic E-state index is 13.1. The summed E-state index contributed by atoms with van der Waals surface area (Å²) < 4.78 is 7.10. The number of piperazine rings is 1. The van der Waals surface area contributed by atoms with E-state index in [9.17, 15) is 14.7 Å². The minimum absolute atomic E-state index is 0.148. The van der Waals surface area contributed by atoms with Crippen LogP contribution in [0.25, 0.3) is 22.2 Å². The van der Waals surface area contributed by atoms with E-state index >= 15 is 0 Å². The lowest BCUT2D eigenvalue weighted by atomic mass is 10.1. The van der Waals surface area contributed by atoms with E-state index in [-0.39, 0.29) is 18.0 Å². The van der Waals surface area contributed by atoms with Crippen molar-refractivity contribution in [3.05, 3.63) is 47.2 Å². The highest BCUT2D eigenvalue weighted by atomic mass is 35.5. The van der Waals surface area contributed by atoms with Crippen LogP contribution < -0.4 is 0 Å². The third-order valence-corrected chi connectivity index (χ3v) is 6.37. The van der Waals surface area contributed by atoms with Gasteiger partial charge >= 0.3 is 6.09 Å². The van der Waals surface area contributed by atoms with Gasteiger partial charge in [-0.2, -0.15) is 5.10 Å². The Morgan fingerprint density at radius 1 is 1.22 bits per heavy atom. The number of nitrogens with zero attached hydrogens (tertiary/aromatic N) is 5. The number of carboxylic acid groups (broad SMARTS) is 1. The number of pyridine rings is 1. The average Bonchev–Trinajstić information content (AvgIpc) is 3.20. The average molecular weight is 456 g/mol. The van der Waals surface area contributed by atoms with Gasteiger partial charge in [-0.1, -0.05) is 17.7 Å². The second-order valence-electron chi connectivity index (χ2n) is 8.20. The Balaban J connectivity index is 1.42. The summed E-state index contributed by atoms with van der Waals surface area (Å²) in [4.78, 5) is 32.2. The first-order valence-corrected chi connectivity index (χ1v) is 10.8. The summed E-state index contributed by atoms with van der Waals surface area (Å²) >= 11 is 6.52. The predicted octanol–water partition coefficient (Wildman–Crippen LogP) is 3.15. The Labute approximate surface area is 189 Å². The first-order chi connectivity index (χ1) is 15.4. The van der Waals surface area contributed by atoms with E-state index in [1.165, 1.54) is 4.90 Å². The van der Waals surface area contributed by atoms with Gasteiger partial charge in [0.1, 0.15) is 0 Å². The number of benzene rings is 1.